The smallest absolute Gasteiger partial charge is 0.277 e. The van der Waals surface area contributed by atoms with Crippen molar-refractivity contribution in [3.8, 4) is 17.1 Å². The molecule has 10 nitrogen and oxygen atoms in total. The summed E-state index contributed by atoms with van der Waals surface area (Å²) in [6, 6.07) is 5.15. The molecular weight excluding hydrogens is 448 g/mol. The summed E-state index contributed by atoms with van der Waals surface area (Å²) in [5.41, 5.74) is 2.44. The second kappa shape index (κ2) is 10.4. The van der Waals surface area contributed by atoms with Crippen molar-refractivity contribution in [2.24, 2.45) is 7.05 Å². The van der Waals surface area contributed by atoms with Crippen LogP contribution in [0.5, 0.6) is 5.75 Å². The van der Waals surface area contributed by atoms with Crippen molar-refractivity contribution < 1.29 is 14.3 Å². The number of aromatic amines is 1. The summed E-state index contributed by atoms with van der Waals surface area (Å²) in [6.07, 6.45) is 1.58. The molecule has 0 aliphatic carbocycles. The van der Waals surface area contributed by atoms with Crippen LogP contribution in [-0.4, -0.2) is 80.6 Å². The molecule has 4 rings (SSSR count). The minimum absolute atomic E-state index is 0.0355. The second-order valence-electron chi connectivity index (χ2n) is 8.68. The summed E-state index contributed by atoms with van der Waals surface area (Å²) in [4.78, 5) is 49.5. The first kappa shape index (κ1) is 24.6. The van der Waals surface area contributed by atoms with Gasteiger partial charge in [-0.3, -0.25) is 24.0 Å². The topological polar surface area (TPSA) is 113 Å². The van der Waals surface area contributed by atoms with Gasteiger partial charge in [-0.2, -0.15) is 5.10 Å². The quantitative estimate of drug-likeness (QED) is 0.466. The lowest BCUT2D eigenvalue weighted by Gasteiger charge is -2.33. The van der Waals surface area contributed by atoms with E-state index in [0.29, 0.717) is 66.4 Å². The van der Waals surface area contributed by atoms with Crippen molar-refractivity contribution in [2.45, 2.75) is 33.6 Å². The highest BCUT2D eigenvalue weighted by atomic mass is 16.5. The number of aromatic nitrogens is 4. The standard InChI is InChI=1S/C25H32N6O4/c1-5-8-18-22-23(29(4)28-18)25(34)27-24(26-22)17-13-16(9-10-20(17)35-7-3)19(32)14-30-11-12-31(6-2)21(33)15-30/h9-10,13H,5-8,11-12,14-15H2,1-4H3,(H,26,27,34). The highest BCUT2D eigenvalue weighted by Gasteiger charge is 2.25. The minimum atomic E-state index is -0.297. The molecule has 0 radical (unpaired) electrons. The summed E-state index contributed by atoms with van der Waals surface area (Å²) in [5, 5.41) is 4.47. The van der Waals surface area contributed by atoms with E-state index in [1.807, 2.05) is 25.7 Å². The molecule has 3 aromatic rings. The van der Waals surface area contributed by atoms with Crippen molar-refractivity contribution >= 4 is 22.7 Å². The Morgan fingerprint density at radius 2 is 1.97 bits per heavy atom. The van der Waals surface area contributed by atoms with E-state index in [-0.39, 0.29) is 30.3 Å². The predicted octanol–water partition coefficient (Wildman–Crippen LogP) is 2.02. The Kier molecular flexibility index (Phi) is 7.30. The van der Waals surface area contributed by atoms with Gasteiger partial charge in [-0.15, -0.1) is 0 Å². The van der Waals surface area contributed by atoms with Gasteiger partial charge in [0.15, 0.2) is 11.3 Å². The molecule has 35 heavy (non-hydrogen) atoms. The molecule has 0 unspecified atom stereocenters. The van der Waals surface area contributed by atoms with Crippen LogP contribution in [0, 0.1) is 0 Å². The Balaban J connectivity index is 1.69. The van der Waals surface area contributed by atoms with Crippen LogP contribution in [0.25, 0.3) is 22.4 Å². The van der Waals surface area contributed by atoms with Gasteiger partial charge in [0.05, 0.1) is 31.0 Å². The number of ketones is 1. The van der Waals surface area contributed by atoms with Gasteiger partial charge >= 0.3 is 0 Å². The number of carbonyl (C=O) groups is 2. The van der Waals surface area contributed by atoms with Crippen LogP contribution in [0.1, 0.15) is 43.2 Å². The summed E-state index contributed by atoms with van der Waals surface area (Å²) < 4.78 is 7.35. The number of likely N-dealkylation sites (N-methyl/N-ethyl adjacent to an activating group) is 1. The van der Waals surface area contributed by atoms with Gasteiger partial charge in [-0.25, -0.2) is 4.98 Å². The van der Waals surface area contributed by atoms with Gasteiger partial charge in [0.1, 0.15) is 17.1 Å². The van der Waals surface area contributed by atoms with Crippen molar-refractivity contribution in [2.75, 3.05) is 39.3 Å². The van der Waals surface area contributed by atoms with Gasteiger partial charge in [0, 0.05) is 32.2 Å². The molecule has 10 heteroatoms. The van der Waals surface area contributed by atoms with E-state index < -0.39 is 0 Å². The summed E-state index contributed by atoms with van der Waals surface area (Å²) >= 11 is 0. The van der Waals surface area contributed by atoms with Gasteiger partial charge in [0.2, 0.25) is 5.91 Å². The maximum absolute atomic E-state index is 13.1. The third kappa shape index (κ3) is 4.97. The molecule has 1 aliphatic rings. The Morgan fingerprint density at radius 3 is 2.66 bits per heavy atom. The summed E-state index contributed by atoms with van der Waals surface area (Å²) in [6.45, 7) is 8.61. The molecule has 0 spiro atoms. The van der Waals surface area contributed by atoms with Crippen molar-refractivity contribution in [1.82, 2.24) is 29.5 Å². The molecule has 1 saturated heterocycles. The highest BCUT2D eigenvalue weighted by Crippen LogP contribution is 2.30. The molecule has 1 fully saturated rings. The number of nitrogens with one attached hydrogen (secondary N) is 1. The zero-order valence-electron chi connectivity index (χ0n) is 20.8. The number of aryl methyl sites for hydroxylation is 2. The number of fused-ring (bicyclic) bond motifs is 1. The molecule has 0 atom stereocenters. The van der Waals surface area contributed by atoms with E-state index in [0.717, 1.165) is 12.1 Å². The number of rotatable bonds is 9. The van der Waals surface area contributed by atoms with Crippen LogP contribution in [0.4, 0.5) is 0 Å². The second-order valence-corrected chi connectivity index (χ2v) is 8.68. The minimum Gasteiger partial charge on any atom is -0.493 e. The van der Waals surface area contributed by atoms with E-state index in [1.165, 1.54) is 0 Å². The molecule has 186 valence electrons. The first-order valence-corrected chi connectivity index (χ1v) is 12.1. The Labute approximate surface area is 203 Å². The van der Waals surface area contributed by atoms with Gasteiger partial charge in [0.25, 0.3) is 5.56 Å². The summed E-state index contributed by atoms with van der Waals surface area (Å²) in [5.74, 6) is 0.786. The number of piperazine rings is 1. The van der Waals surface area contributed by atoms with Gasteiger partial charge in [-0.1, -0.05) is 13.3 Å². The molecule has 1 N–H and O–H groups in total. The largest absolute Gasteiger partial charge is 0.493 e. The van der Waals surface area contributed by atoms with Crippen LogP contribution in [-0.2, 0) is 18.3 Å². The zero-order valence-corrected chi connectivity index (χ0v) is 20.8. The Bertz CT molecular complexity index is 1310. The highest BCUT2D eigenvalue weighted by molar-refractivity contribution is 5.99. The number of nitrogens with zero attached hydrogens (tertiary/aromatic N) is 5. The molecule has 2 aromatic heterocycles. The molecule has 0 saturated carbocycles. The molecule has 1 amide bonds. The van der Waals surface area contributed by atoms with Crippen LogP contribution in [0.3, 0.4) is 0 Å². The maximum Gasteiger partial charge on any atom is 0.277 e. The molecule has 1 aliphatic heterocycles. The fourth-order valence-corrected chi connectivity index (χ4v) is 4.47. The van der Waals surface area contributed by atoms with Gasteiger partial charge < -0.3 is 14.6 Å². The lowest BCUT2D eigenvalue weighted by molar-refractivity contribution is -0.135. The Morgan fingerprint density at radius 1 is 1.17 bits per heavy atom. The third-order valence-corrected chi connectivity index (χ3v) is 6.25. The molecule has 1 aromatic carbocycles. The fourth-order valence-electron chi connectivity index (χ4n) is 4.47. The van der Waals surface area contributed by atoms with Crippen LogP contribution in [0.2, 0.25) is 0 Å². The van der Waals surface area contributed by atoms with Gasteiger partial charge in [-0.05, 0) is 38.5 Å². The predicted molar refractivity (Wildman–Crippen MR) is 133 cm³/mol. The van der Waals surface area contributed by atoms with E-state index in [4.69, 9.17) is 9.72 Å². The zero-order chi connectivity index (χ0) is 25.1. The molecular formula is C25H32N6O4. The van der Waals surface area contributed by atoms with Crippen LogP contribution < -0.4 is 10.3 Å². The summed E-state index contributed by atoms with van der Waals surface area (Å²) in [7, 11) is 1.73. The van der Waals surface area contributed by atoms with E-state index in [2.05, 4.69) is 10.1 Å². The van der Waals surface area contributed by atoms with E-state index >= 15 is 0 Å². The maximum atomic E-state index is 13.1. The van der Waals surface area contributed by atoms with Crippen molar-refractivity contribution in [3.63, 3.8) is 0 Å². The van der Waals surface area contributed by atoms with Crippen LogP contribution in [0.15, 0.2) is 23.0 Å². The third-order valence-electron chi connectivity index (χ3n) is 6.25. The first-order valence-electron chi connectivity index (χ1n) is 12.1. The number of ether oxygens (including phenoxy) is 1. The monoisotopic (exact) mass is 480 g/mol. The SMILES string of the molecule is CCCc1nn(C)c2c(=O)[nH]c(-c3cc(C(=O)CN4CCN(CC)C(=O)C4)ccc3OCC)nc12. The van der Waals surface area contributed by atoms with Crippen LogP contribution >= 0.6 is 0 Å². The normalized spacial score (nSPS) is 14.6. The number of hydrogen-bond acceptors (Lipinski definition) is 7. The number of amides is 1. The van der Waals surface area contributed by atoms with Crippen molar-refractivity contribution in [1.29, 1.82) is 0 Å². The molecule has 0 bridgehead atoms. The Hall–Kier alpha value is -3.53. The van der Waals surface area contributed by atoms with E-state index in [1.54, 1.807) is 34.8 Å². The van der Waals surface area contributed by atoms with E-state index in [9.17, 15) is 14.4 Å². The van der Waals surface area contributed by atoms with Crippen molar-refractivity contribution in [3.05, 3.63) is 39.8 Å². The number of benzene rings is 1. The fraction of sp³-hybridized carbons (Fsp3) is 0.480. The lowest BCUT2D eigenvalue weighted by atomic mass is 10.0. The number of Topliss-reactive ketones (excluding diaryl/α,β-unsaturated/α-hetero) is 1. The molecule has 3 heterocycles. The number of carbonyl (C=O) groups excluding carboxylic acids is 2. The lowest BCUT2D eigenvalue weighted by Crippen LogP contribution is -2.51. The first-order chi connectivity index (χ1) is 16.9. The average Bonchev–Trinajstić information content (AvgIpc) is 3.15. The number of hydrogen-bond donors (Lipinski definition) is 1. The average molecular weight is 481 g/mol. The number of H-pyrrole nitrogens is 1.